The van der Waals surface area contributed by atoms with Gasteiger partial charge in [0.25, 0.3) is 10.1 Å². The van der Waals surface area contributed by atoms with Gasteiger partial charge in [0.15, 0.2) is 0 Å². The molecule has 0 spiro atoms. The fourth-order valence-corrected chi connectivity index (χ4v) is 1.09. The topological polar surface area (TPSA) is 54.4 Å². The summed E-state index contributed by atoms with van der Waals surface area (Å²) < 4.78 is 29.2. The van der Waals surface area contributed by atoms with Crippen molar-refractivity contribution in [2.75, 3.05) is 0 Å². The molecule has 0 atom stereocenters. The van der Waals surface area contributed by atoms with Crippen molar-refractivity contribution in [3.05, 3.63) is 30.3 Å². The summed E-state index contributed by atoms with van der Waals surface area (Å²) in [5.41, 5.74) is 0. The standard InChI is InChI=1S/C6H6O3S.Mo/c7-10(8,9)6-4-2-1-3-5-6;/h1-5H,(H,7,8,9);. The molecule has 0 unspecified atom stereocenters. The zero-order valence-corrected chi connectivity index (χ0v) is 8.29. The Labute approximate surface area is 79.4 Å². The van der Waals surface area contributed by atoms with E-state index in [0.29, 0.717) is 0 Å². The molecule has 0 bridgehead atoms. The number of benzene rings is 1. The van der Waals surface area contributed by atoms with Crippen LogP contribution < -0.4 is 0 Å². The molecule has 5 heteroatoms. The van der Waals surface area contributed by atoms with E-state index in [4.69, 9.17) is 4.55 Å². The van der Waals surface area contributed by atoms with E-state index in [1.165, 1.54) is 12.1 Å². The maximum atomic E-state index is 10.4. The predicted molar refractivity (Wildman–Crippen MR) is 36.3 cm³/mol. The van der Waals surface area contributed by atoms with Gasteiger partial charge < -0.3 is 0 Å². The van der Waals surface area contributed by atoms with Gasteiger partial charge in [-0.1, -0.05) is 18.2 Å². The average Bonchev–Trinajstić information content (AvgIpc) is 1.88. The quantitative estimate of drug-likeness (QED) is 0.599. The van der Waals surface area contributed by atoms with Gasteiger partial charge in [-0.2, -0.15) is 8.42 Å². The van der Waals surface area contributed by atoms with Crippen LogP contribution in [0.4, 0.5) is 0 Å². The van der Waals surface area contributed by atoms with Crippen molar-refractivity contribution >= 4 is 10.1 Å². The summed E-state index contributed by atoms with van der Waals surface area (Å²) in [5, 5.41) is 0. The first-order valence-corrected chi connectivity index (χ1v) is 4.07. The van der Waals surface area contributed by atoms with E-state index in [-0.39, 0.29) is 26.0 Å². The summed E-state index contributed by atoms with van der Waals surface area (Å²) in [5.74, 6) is 0. The van der Waals surface area contributed by atoms with Crippen LogP contribution in [-0.4, -0.2) is 13.0 Å². The van der Waals surface area contributed by atoms with Gasteiger partial charge in [0.05, 0.1) is 4.90 Å². The van der Waals surface area contributed by atoms with Gasteiger partial charge in [-0.15, -0.1) is 0 Å². The minimum atomic E-state index is -4.00. The first-order chi connectivity index (χ1) is 4.61. The molecule has 0 aliphatic heterocycles. The van der Waals surface area contributed by atoms with Crippen molar-refractivity contribution in [2.45, 2.75) is 4.90 Å². The average molecular weight is 254 g/mol. The molecule has 3 nitrogen and oxygen atoms in total. The molecular weight excluding hydrogens is 248 g/mol. The minimum Gasteiger partial charge on any atom is -0.282 e. The molecule has 0 fully saturated rings. The second-order valence-corrected chi connectivity index (χ2v) is 3.21. The fraction of sp³-hybridized carbons (Fsp3) is 0. The number of rotatable bonds is 1. The summed E-state index contributed by atoms with van der Waals surface area (Å²) in [6.45, 7) is 0. The Kier molecular flexibility index (Phi) is 3.93. The third kappa shape index (κ3) is 3.14. The van der Waals surface area contributed by atoms with Crippen LogP contribution in [0.3, 0.4) is 0 Å². The number of hydrogen-bond acceptors (Lipinski definition) is 2. The predicted octanol–water partition coefficient (Wildman–Crippen LogP) is 0.931. The SMILES string of the molecule is O=S(=O)(O)c1ccccc1.[Mo]. The first-order valence-electron chi connectivity index (χ1n) is 2.63. The van der Waals surface area contributed by atoms with Crippen LogP contribution in [0.2, 0.25) is 0 Å². The number of hydrogen-bond donors (Lipinski definition) is 1. The molecule has 1 aromatic carbocycles. The van der Waals surface area contributed by atoms with Crippen LogP contribution in [0.1, 0.15) is 0 Å². The van der Waals surface area contributed by atoms with Crippen LogP contribution in [0.15, 0.2) is 35.2 Å². The smallest absolute Gasteiger partial charge is 0.282 e. The molecule has 1 aromatic rings. The van der Waals surface area contributed by atoms with Gasteiger partial charge in [-0.3, -0.25) is 4.55 Å². The molecule has 1 rings (SSSR count). The first kappa shape index (κ1) is 10.8. The van der Waals surface area contributed by atoms with Gasteiger partial charge in [0, 0.05) is 21.1 Å². The van der Waals surface area contributed by atoms with Crippen molar-refractivity contribution in [3.63, 3.8) is 0 Å². The van der Waals surface area contributed by atoms with E-state index in [1.54, 1.807) is 18.2 Å². The maximum absolute atomic E-state index is 10.4. The van der Waals surface area contributed by atoms with Crippen molar-refractivity contribution in [2.24, 2.45) is 0 Å². The second-order valence-electron chi connectivity index (χ2n) is 1.79. The summed E-state index contributed by atoms with van der Waals surface area (Å²) >= 11 is 0. The van der Waals surface area contributed by atoms with E-state index >= 15 is 0 Å². The van der Waals surface area contributed by atoms with E-state index < -0.39 is 10.1 Å². The second kappa shape index (κ2) is 4.00. The van der Waals surface area contributed by atoms with Gasteiger partial charge in [0.1, 0.15) is 0 Å². The Hall–Kier alpha value is -0.182. The molecule has 0 heterocycles. The Morgan fingerprint density at radius 2 is 1.55 bits per heavy atom. The van der Waals surface area contributed by atoms with Gasteiger partial charge in [0.2, 0.25) is 0 Å². The Morgan fingerprint density at radius 3 is 1.82 bits per heavy atom. The molecule has 0 radical (unpaired) electrons. The molecule has 60 valence electrons. The minimum absolute atomic E-state index is 0. The Bertz CT molecular complexity index is 306. The molecule has 0 aliphatic rings. The van der Waals surface area contributed by atoms with E-state index in [0.717, 1.165) is 0 Å². The molecule has 11 heavy (non-hydrogen) atoms. The normalized spacial score (nSPS) is 10.3. The molecule has 0 saturated carbocycles. The summed E-state index contributed by atoms with van der Waals surface area (Å²) in [6, 6.07) is 7.42. The maximum Gasteiger partial charge on any atom is 0.294 e. The van der Waals surface area contributed by atoms with Crippen LogP contribution in [-0.2, 0) is 31.2 Å². The summed E-state index contributed by atoms with van der Waals surface area (Å²) in [6.07, 6.45) is 0. The monoisotopic (exact) mass is 256 g/mol. The van der Waals surface area contributed by atoms with Crippen LogP contribution in [0, 0.1) is 0 Å². The van der Waals surface area contributed by atoms with E-state index in [9.17, 15) is 8.42 Å². The third-order valence-electron chi connectivity index (χ3n) is 1.04. The van der Waals surface area contributed by atoms with Crippen molar-refractivity contribution in [3.8, 4) is 0 Å². The molecule has 0 aliphatic carbocycles. The molecular formula is C6H6MoO3S. The Balaban J connectivity index is 0.000001000. The molecule has 0 saturated heterocycles. The van der Waals surface area contributed by atoms with Crippen molar-refractivity contribution in [1.29, 1.82) is 0 Å². The molecule has 1 N–H and O–H groups in total. The molecule has 0 aromatic heterocycles. The summed E-state index contributed by atoms with van der Waals surface area (Å²) in [7, 11) is -4.00. The van der Waals surface area contributed by atoms with E-state index in [1.807, 2.05) is 0 Å². The van der Waals surface area contributed by atoms with Crippen LogP contribution in [0.25, 0.3) is 0 Å². The van der Waals surface area contributed by atoms with Gasteiger partial charge in [-0.25, -0.2) is 0 Å². The summed E-state index contributed by atoms with van der Waals surface area (Å²) in [4.78, 5) is -0.0741. The van der Waals surface area contributed by atoms with Crippen LogP contribution in [0.5, 0.6) is 0 Å². The van der Waals surface area contributed by atoms with Gasteiger partial charge in [-0.05, 0) is 12.1 Å². The Morgan fingerprint density at radius 1 is 1.09 bits per heavy atom. The zero-order valence-electron chi connectivity index (χ0n) is 5.47. The zero-order chi connectivity index (χ0) is 7.61. The van der Waals surface area contributed by atoms with Crippen LogP contribution >= 0.6 is 0 Å². The largest absolute Gasteiger partial charge is 0.294 e. The third-order valence-corrected chi connectivity index (χ3v) is 1.91. The van der Waals surface area contributed by atoms with Crippen molar-refractivity contribution in [1.82, 2.24) is 0 Å². The van der Waals surface area contributed by atoms with Crippen molar-refractivity contribution < 1.29 is 34.0 Å². The van der Waals surface area contributed by atoms with E-state index in [2.05, 4.69) is 0 Å². The van der Waals surface area contributed by atoms with Gasteiger partial charge >= 0.3 is 0 Å². The molecule has 0 amide bonds. The fourth-order valence-electron chi connectivity index (χ4n) is 0.592.